The van der Waals surface area contributed by atoms with Gasteiger partial charge in [-0.3, -0.25) is 0 Å². The van der Waals surface area contributed by atoms with Crippen LogP contribution in [-0.4, -0.2) is 32.4 Å². The lowest BCUT2D eigenvalue weighted by Gasteiger charge is -2.09. The molecular weight excluding hydrogens is 378 g/mol. The molecule has 2 heterocycles. The Hall–Kier alpha value is -1.87. The van der Waals surface area contributed by atoms with E-state index in [1.165, 1.54) is 18.9 Å². The van der Waals surface area contributed by atoms with E-state index in [4.69, 9.17) is 4.74 Å². The van der Waals surface area contributed by atoms with Crippen molar-refractivity contribution in [3.8, 4) is 5.75 Å². The van der Waals surface area contributed by atoms with Crippen LogP contribution in [0.3, 0.4) is 0 Å². The van der Waals surface area contributed by atoms with Crippen LogP contribution in [0.2, 0.25) is 0 Å². The van der Waals surface area contributed by atoms with Crippen LogP contribution in [0.25, 0.3) is 5.78 Å². The number of ether oxygens (including phenoxy) is 1. The third kappa shape index (κ3) is 3.93. The average Bonchev–Trinajstić information content (AvgIpc) is 3.01. The molecule has 0 radical (unpaired) electrons. The van der Waals surface area contributed by atoms with Gasteiger partial charge in [-0.05, 0) is 44.0 Å². The Kier molecular flexibility index (Phi) is 5.67. The van der Waals surface area contributed by atoms with Crippen LogP contribution in [0.15, 0.2) is 28.3 Å². The molecule has 5 nitrogen and oxygen atoms in total. The molecule has 0 unspecified atom stereocenters. The van der Waals surface area contributed by atoms with Gasteiger partial charge in [0.25, 0.3) is 11.5 Å². The summed E-state index contributed by atoms with van der Waals surface area (Å²) in [6, 6.07) is 5.24. The molecule has 0 bridgehead atoms. The van der Waals surface area contributed by atoms with Crippen molar-refractivity contribution in [1.82, 2.24) is 19.6 Å². The molecule has 0 aliphatic carbocycles. The number of hydrogen-bond donors (Lipinski definition) is 0. The molecule has 0 saturated carbocycles. The Bertz CT molecular complexity index is 946. The molecule has 0 saturated heterocycles. The number of fused-ring (bicyclic) bond motifs is 1. The topological polar surface area (TPSA) is 52.3 Å². The minimum absolute atomic E-state index is 0.424. The van der Waals surface area contributed by atoms with Gasteiger partial charge in [0.1, 0.15) is 5.75 Å². The van der Waals surface area contributed by atoms with Gasteiger partial charge in [-0.15, -0.1) is 5.10 Å². The van der Waals surface area contributed by atoms with Crippen LogP contribution in [-0.2, 0) is 5.75 Å². The predicted octanol–water partition coefficient (Wildman–Crippen LogP) is 4.67. The molecule has 0 amide bonds. The van der Waals surface area contributed by atoms with Crippen LogP contribution in [0, 0.1) is 20.8 Å². The van der Waals surface area contributed by atoms with Crippen LogP contribution in [0.5, 0.6) is 5.75 Å². The molecule has 0 aliphatic rings. The van der Waals surface area contributed by atoms with Crippen molar-refractivity contribution in [2.75, 3.05) is 7.11 Å². The van der Waals surface area contributed by atoms with Crippen molar-refractivity contribution >= 4 is 29.3 Å². The van der Waals surface area contributed by atoms with E-state index in [1.807, 2.05) is 26.8 Å². The SMILES string of the molecule is COc1cc(CSc2nc3nc(C)c(C)c(C)n3n2)ccc1SC(F)F. The van der Waals surface area contributed by atoms with Gasteiger partial charge in [-0.2, -0.15) is 13.8 Å². The average molecular weight is 396 g/mol. The van der Waals surface area contributed by atoms with E-state index in [2.05, 4.69) is 15.1 Å². The normalized spacial score (nSPS) is 11.5. The molecule has 0 fully saturated rings. The molecule has 26 heavy (non-hydrogen) atoms. The molecule has 0 N–H and O–H groups in total. The number of aryl methyl sites for hydroxylation is 2. The van der Waals surface area contributed by atoms with Gasteiger partial charge >= 0.3 is 0 Å². The van der Waals surface area contributed by atoms with Crippen molar-refractivity contribution in [2.24, 2.45) is 0 Å². The summed E-state index contributed by atoms with van der Waals surface area (Å²) in [4.78, 5) is 9.34. The van der Waals surface area contributed by atoms with Crippen molar-refractivity contribution in [3.63, 3.8) is 0 Å². The van der Waals surface area contributed by atoms with E-state index in [0.29, 0.717) is 39.1 Å². The molecular formula is C17H18F2N4OS2. The van der Waals surface area contributed by atoms with E-state index < -0.39 is 5.76 Å². The lowest BCUT2D eigenvalue weighted by atomic mass is 10.2. The minimum atomic E-state index is -2.48. The van der Waals surface area contributed by atoms with Crippen molar-refractivity contribution in [2.45, 2.75) is 42.3 Å². The van der Waals surface area contributed by atoms with Gasteiger partial charge in [0, 0.05) is 17.1 Å². The summed E-state index contributed by atoms with van der Waals surface area (Å²) in [6.45, 7) is 5.95. The number of aromatic nitrogens is 4. The molecule has 3 aromatic rings. The first-order valence-corrected chi connectivity index (χ1v) is 9.70. The number of rotatable bonds is 6. The van der Waals surface area contributed by atoms with Crippen molar-refractivity contribution < 1.29 is 13.5 Å². The number of thioether (sulfide) groups is 2. The second-order valence-corrected chi connectivity index (χ2v) is 7.64. The van der Waals surface area contributed by atoms with Crippen LogP contribution in [0.1, 0.15) is 22.5 Å². The maximum absolute atomic E-state index is 12.6. The van der Waals surface area contributed by atoms with Gasteiger partial charge in [-0.1, -0.05) is 29.6 Å². The van der Waals surface area contributed by atoms with Gasteiger partial charge in [0.2, 0.25) is 5.16 Å². The van der Waals surface area contributed by atoms with Gasteiger partial charge < -0.3 is 4.74 Å². The summed E-state index contributed by atoms with van der Waals surface area (Å²) in [5.41, 5.74) is 4.00. The first-order chi connectivity index (χ1) is 12.4. The largest absolute Gasteiger partial charge is 0.496 e. The molecule has 3 rings (SSSR count). The Balaban J connectivity index is 1.78. The highest BCUT2D eigenvalue weighted by atomic mass is 32.2. The van der Waals surface area contributed by atoms with E-state index in [-0.39, 0.29) is 0 Å². The maximum atomic E-state index is 12.6. The zero-order valence-electron chi connectivity index (χ0n) is 14.8. The highest BCUT2D eigenvalue weighted by molar-refractivity contribution is 7.99. The fraction of sp³-hybridized carbons (Fsp3) is 0.353. The summed E-state index contributed by atoms with van der Waals surface area (Å²) in [5, 5.41) is 5.12. The van der Waals surface area contributed by atoms with Crippen molar-refractivity contribution in [1.29, 1.82) is 0 Å². The van der Waals surface area contributed by atoms with E-state index in [9.17, 15) is 8.78 Å². The third-order valence-electron chi connectivity index (χ3n) is 4.05. The fourth-order valence-corrected chi connectivity index (χ4v) is 3.80. The minimum Gasteiger partial charge on any atom is -0.496 e. The number of hydrogen-bond acceptors (Lipinski definition) is 6. The lowest BCUT2D eigenvalue weighted by Crippen LogP contribution is -2.02. The monoisotopic (exact) mass is 396 g/mol. The van der Waals surface area contributed by atoms with E-state index in [1.54, 1.807) is 16.6 Å². The maximum Gasteiger partial charge on any atom is 0.289 e. The number of halogens is 2. The number of methoxy groups -OCH3 is 1. The number of alkyl halides is 2. The van der Waals surface area contributed by atoms with Crippen molar-refractivity contribution in [3.05, 3.63) is 40.7 Å². The standard InChI is InChI=1S/C17H18F2N4OS2/c1-9-10(2)20-16-21-17(22-23(16)11(9)3)25-8-12-5-6-14(26-15(18)19)13(7-12)24-4/h5-7,15H,8H2,1-4H3. The smallest absolute Gasteiger partial charge is 0.289 e. The first kappa shape index (κ1) is 18.9. The second-order valence-electron chi connectivity index (χ2n) is 5.67. The number of nitrogens with zero attached hydrogens (tertiary/aromatic N) is 4. The van der Waals surface area contributed by atoms with Gasteiger partial charge in [0.05, 0.1) is 12.0 Å². The molecule has 0 atom stereocenters. The Labute approximate surface area is 158 Å². The molecule has 0 spiro atoms. The quantitative estimate of drug-likeness (QED) is 0.565. The summed E-state index contributed by atoms with van der Waals surface area (Å²) in [5.74, 6) is -0.854. The highest BCUT2D eigenvalue weighted by Gasteiger charge is 2.13. The van der Waals surface area contributed by atoms with Gasteiger partial charge in [-0.25, -0.2) is 9.50 Å². The fourth-order valence-electron chi connectivity index (χ4n) is 2.44. The molecule has 2 aromatic heterocycles. The van der Waals surface area contributed by atoms with E-state index >= 15 is 0 Å². The zero-order chi connectivity index (χ0) is 18.8. The lowest BCUT2D eigenvalue weighted by molar-refractivity contribution is 0.251. The summed E-state index contributed by atoms with van der Waals surface area (Å²) >= 11 is 1.94. The summed E-state index contributed by atoms with van der Waals surface area (Å²) in [7, 11) is 1.48. The predicted molar refractivity (Wildman–Crippen MR) is 99.4 cm³/mol. The second kappa shape index (κ2) is 7.79. The third-order valence-corrected chi connectivity index (χ3v) is 5.73. The molecule has 138 valence electrons. The van der Waals surface area contributed by atoms with Gasteiger partial charge in [0.15, 0.2) is 0 Å². The Morgan fingerprint density at radius 2 is 1.96 bits per heavy atom. The molecule has 1 aromatic carbocycles. The number of benzene rings is 1. The molecule has 0 aliphatic heterocycles. The van der Waals surface area contributed by atoms with E-state index in [0.717, 1.165) is 22.5 Å². The first-order valence-electron chi connectivity index (χ1n) is 7.84. The van der Waals surface area contributed by atoms with Crippen LogP contribution >= 0.6 is 23.5 Å². The Morgan fingerprint density at radius 3 is 2.65 bits per heavy atom. The van der Waals surface area contributed by atoms with Crippen LogP contribution < -0.4 is 4.74 Å². The van der Waals surface area contributed by atoms with Crippen LogP contribution in [0.4, 0.5) is 8.78 Å². The highest BCUT2D eigenvalue weighted by Crippen LogP contribution is 2.35. The summed E-state index contributed by atoms with van der Waals surface area (Å²) < 4.78 is 32.1. The zero-order valence-corrected chi connectivity index (χ0v) is 16.4. The summed E-state index contributed by atoms with van der Waals surface area (Å²) in [6.07, 6.45) is 0. The molecule has 9 heteroatoms. The Morgan fingerprint density at radius 1 is 1.19 bits per heavy atom.